The third-order valence-electron chi connectivity index (χ3n) is 2.96. The maximum atomic E-state index is 12.2. The number of ether oxygens (including phenoxy) is 1. The highest BCUT2D eigenvalue weighted by Crippen LogP contribution is 2.15. The van der Waals surface area contributed by atoms with Crippen LogP contribution in [0.5, 0.6) is 5.75 Å². The van der Waals surface area contributed by atoms with E-state index in [1.54, 1.807) is 24.3 Å². The van der Waals surface area contributed by atoms with Gasteiger partial charge in [-0.05, 0) is 37.3 Å². The second kappa shape index (κ2) is 6.42. The van der Waals surface area contributed by atoms with E-state index in [1.165, 1.54) is 12.1 Å². The average molecular weight is 301 g/mol. The molecular formula is C16H15NO3S. The maximum absolute atomic E-state index is 12.2. The van der Waals surface area contributed by atoms with Crippen LogP contribution in [0.1, 0.15) is 11.1 Å². The lowest BCUT2D eigenvalue weighted by Crippen LogP contribution is -2.14. The van der Waals surface area contributed by atoms with E-state index >= 15 is 0 Å². The van der Waals surface area contributed by atoms with Gasteiger partial charge in [0.2, 0.25) is 0 Å². The maximum Gasteiger partial charge on any atom is 0.181 e. The molecule has 0 bridgehead atoms. The molecule has 0 aliphatic rings. The Hall–Kier alpha value is -2.32. The molecule has 0 unspecified atom stereocenters. The van der Waals surface area contributed by atoms with Gasteiger partial charge >= 0.3 is 0 Å². The van der Waals surface area contributed by atoms with Crippen molar-refractivity contribution in [3.8, 4) is 11.8 Å². The van der Waals surface area contributed by atoms with Gasteiger partial charge in [-0.15, -0.1) is 0 Å². The standard InChI is InChI=1S/C16H15NO3S/c1-13-5-7-15(8-6-13)20-9-10-21(18,19)16-4-2-3-14(11-16)12-17/h2-8,11H,9-10H2,1H3. The van der Waals surface area contributed by atoms with Gasteiger partial charge in [0.05, 0.1) is 22.3 Å². The normalized spacial score (nSPS) is 10.9. The van der Waals surface area contributed by atoms with E-state index in [0.717, 1.165) is 5.56 Å². The molecule has 0 aromatic heterocycles. The zero-order chi connectivity index (χ0) is 15.3. The van der Waals surface area contributed by atoms with Crippen LogP contribution in [-0.2, 0) is 9.84 Å². The zero-order valence-electron chi connectivity index (χ0n) is 11.6. The van der Waals surface area contributed by atoms with Crippen molar-refractivity contribution < 1.29 is 13.2 Å². The minimum absolute atomic E-state index is 0.0716. The van der Waals surface area contributed by atoms with Crippen molar-refractivity contribution in [3.05, 3.63) is 59.7 Å². The van der Waals surface area contributed by atoms with Gasteiger partial charge in [-0.1, -0.05) is 23.8 Å². The molecule has 0 fully saturated rings. The van der Waals surface area contributed by atoms with Crippen LogP contribution in [0.3, 0.4) is 0 Å². The first-order valence-corrected chi connectivity index (χ1v) is 8.09. The van der Waals surface area contributed by atoms with E-state index < -0.39 is 9.84 Å². The molecule has 0 spiro atoms. The van der Waals surface area contributed by atoms with E-state index in [2.05, 4.69) is 0 Å². The fourth-order valence-electron chi connectivity index (χ4n) is 1.78. The average Bonchev–Trinajstić information content (AvgIpc) is 2.49. The molecular weight excluding hydrogens is 286 g/mol. The molecule has 2 rings (SSSR count). The molecule has 0 amide bonds. The van der Waals surface area contributed by atoms with Crippen molar-refractivity contribution in [2.75, 3.05) is 12.4 Å². The van der Waals surface area contributed by atoms with Crippen molar-refractivity contribution in [3.63, 3.8) is 0 Å². The van der Waals surface area contributed by atoms with Crippen LogP contribution in [0.25, 0.3) is 0 Å². The molecule has 0 saturated carbocycles. The molecule has 0 radical (unpaired) electrons. The first-order chi connectivity index (χ1) is 10.0. The third-order valence-corrected chi connectivity index (χ3v) is 4.64. The van der Waals surface area contributed by atoms with Crippen molar-refractivity contribution >= 4 is 9.84 Å². The molecule has 0 atom stereocenters. The molecule has 0 aliphatic carbocycles. The molecule has 5 heteroatoms. The number of hydrogen-bond acceptors (Lipinski definition) is 4. The van der Waals surface area contributed by atoms with Gasteiger partial charge in [-0.25, -0.2) is 8.42 Å². The monoisotopic (exact) mass is 301 g/mol. The largest absolute Gasteiger partial charge is 0.493 e. The molecule has 2 aromatic carbocycles. The quantitative estimate of drug-likeness (QED) is 0.851. The van der Waals surface area contributed by atoms with Crippen LogP contribution in [-0.4, -0.2) is 20.8 Å². The molecule has 2 aromatic rings. The Morgan fingerprint density at radius 3 is 2.52 bits per heavy atom. The van der Waals surface area contributed by atoms with Crippen LogP contribution in [0, 0.1) is 18.3 Å². The van der Waals surface area contributed by atoms with Crippen molar-refractivity contribution in [1.29, 1.82) is 5.26 Å². The number of nitrogens with zero attached hydrogens (tertiary/aromatic N) is 1. The van der Waals surface area contributed by atoms with Crippen molar-refractivity contribution in [2.45, 2.75) is 11.8 Å². The van der Waals surface area contributed by atoms with Crippen LogP contribution in [0.4, 0.5) is 0 Å². The first kappa shape index (κ1) is 15.1. The summed E-state index contributed by atoms with van der Waals surface area (Å²) in [5.41, 5.74) is 1.44. The van der Waals surface area contributed by atoms with Crippen LogP contribution < -0.4 is 4.74 Å². The molecule has 0 heterocycles. The minimum atomic E-state index is -3.45. The lowest BCUT2D eigenvalue weighted by atomic mass is 10.2. The summed E-state index contributed by atoms with van der Waals surface area (Å²) in [6, 6.07) is 15.3. The van der Waals surface area contributed by atoms with Gasteiger partial charge in [0.25, 0.3) is 0 Å². The fourth-order valence-corrected chi connectivity index (χ4v) is 2.91. The van der Waals surface area contributed by atoms with Crippen LogP contribution in [0.15, 0.2) is 53.4 Å². The molecule has 0 N–H and O–H groups in total. The summed E-state index contributed by atoms with van der Waals surface area (Å²) in [4.78, 5) is 0.147. The predicted molar refractivity (Wildman–Crippen MR) is 79.9 cm³/mol. The summed E-state index contributed by atoms with van der Waals surface area (Å²) in [7, 11) is -3.45. The first-order valence-electron chi connectivity index (χ1n) is 6.44. The van der Waals surface area contributed by atoms with Gasteiger partial charge in [0, 0.05) is 0 Å². The fraction of sp³-hybridized carbons (Fsp3) is 0.188. The highest BCUT2D eigenvalue weighted by molar-refractivity contribution is 7.91. The van der Waals surface area contributed by atoms with E-state index in [0.29, 0.717) is 11.3 Å². The Kier molecular flexibility index (Phi) is 4.61. The number of benzene rings is 2. The summed E-state index contributed by atoms with van der Waals surface area (Å²) >= 11 is 0. The number of aryl methyl sites for hydroxylation is 1. The van der Waals surface area contributed by atoms with Gasteiger partial charge in [0.15, 0.2) is 9.84 Å². The van der Waals surface area contributed by atoms with Gasteiger partial charge in [-0.3, -0.25) is 0 Å². The molecule has 0 aliphatic heterocycles. The SMILES string of the molecule is Cc1ccc(OCCS(=O)(=O)c2cccc(C#N)c2)cc1. The lowest BCUT2D eigenvalue weighted by Gasteiger charge is -2.07. The summed E-state index contributed by atoms with van der Waals surface area (Å²) in [5.74, 6) is 0.511. The third kappa shape index (κ3) is 4.07. The smallest absolute Gasteiger partial charge is 0.181 e. The predicted octanol–water partition coefficient (Wildman–Crippen LogP) is 2.72. The zero-order valence-corrected chi connectivity index (χ0v) is 12.4. The van der Waals surface area contributed by atoms with Crippen LogP contribution >= 0.6 is 0 Å². The second-order valence-electron chi connectivity index (χ2n) is 4.62. The molecule has 21 heavy (non-hydrogen) atoms. The Morgan fingerprint density at radius 1 is 1.14 bits per heavy atom. The van der Waals surface area contributed by atoms with E-state index in [4.69, 9.17) is 10.00 Å². The summed E-state index contributed by atoms with van der Waals surface area (Å²) in [6.45, 7) is 2.04. The highest BCUT2D eigenvalue weighted by Gasteiger charge is 2.15. The molecule has 4 nitrogen and oxygen atoms in total. The lowest BCUT2D eigenvalue weighted by molar-refractivity contribution is 0.341. The number of sulfone groups is 1. The Labute approximate surface area is 124 Å². The summed E-state index contributed by atoms with van der Waals surface area (Å²) < 4.78 is 29.7. The number of rotatable bonds is 5. The Balaban J connectivity index is 2.01. The van der Waals surface area contributed by atoms with E-state index in [9.17, 15) is 8.42 Å². The van der Waals surface area contributed by atoms with Crippen molar-refractivity contribution in [2.24, 2.45) is 0 Å². The van der Waals surface area contributed by atoms with Gasteiger partial charge in [0.1, 0.15) is 12.4 Å². The topological polar surface area (TPSA) is 67.2 Å². The van der Waals surface area contributed by atoms with E-state index in [1.807, 2.05) is 25.1 Å². The number of hydrogen-bond donors (Lipinski definition) is 0. The molecule has 108 valence electrons. The highest BCUT2D eigenvalue weighted by atomic mass is 32.2. The van der Waals surface area contributed by atoms with Crippen molar-refractivity contribution in [1.82, 2.24) is 0 Å². The summed E-state index contributed by atoms with van der Waals surface area (Å²) in [6.07, 6.45) is 0. The second-order valence-corrected chi connectivity index (χ2v) is 6.73. The van der Waals surface area contributed by atoms with Crippen LogP contribution in [0.2, 0.25) is 0 Å². The van der Waals surface area contributed by atoms with Gasteiger partial charge < -0.3 is 4.74 Å². The Bertz CT molecular complexity index is 759. The Morgan fingerprint density at radius 2 is 1.86 bits per heavy atom. The molecule has 0 saturated heterocycles. The van der Waals surface area contributed by atoms with Gasteiger partial charge in [-0.2, -0.15) is 5.26 Å². The number of nitriles is 1. The summed E-state index contributed by atoms with van der Waals surface area (Å²) in [5, 5.41) is 8.81. The minimum Gasteiger partial charge on any atom is -0.493 e. The van der Waals surface area contributed by atoms with E-state index in [-0.39, 0.29) is 17.3 Å².